The predicted octanol–water partition coefficient (Wildman–Crippen LogP) is 2.06. The van der Waals surface area contributed by atoms with Crippen molar-refractivity contribution in [2.45, 2.75) is 45.1 Å². The molecule has 1 heterocycles. The topological polar surface area (TPSA) is 54.2 Å². The summed E-state index contributed by atoms with van der Waals surface area (Å²) in [5.41, 5.74) is 1.17. The maximum absolute atomic E-state index is 4.25. The quantitative estimate of drug-likeness (QED) is 0.475. The Morgan fingerprint density at radius 3 is 2.85 bits per heavy atom. The Labute approximate surface area is 121 Å². The molecular weight excluding hydrogens is 250 g/mol. The van der Waals surface area contributed by atoms with Crippen LogP contribution in [-0.2, 0) is 13.6 Å². The van der Waals surface area contributed by atoms with Crippen LogP contribution >= 0.6 is 0 Å². The molecule has 20 heavy (non-hydrogen) atoms. The third-order valence-electron chi connectivity index (χ3n) is 4.00. The van der Waals surface area contributed by atoms with Gasteiger partial charge in [-0.3, -0.25) is 9.67 Å². The van der Waals surface area contributed by atoms with Crippen LogP contribution in [0.25, 0.3) is 0 Å². The van der Waals surface area contributed by atoms with Gasteiger partial charge in [0.1, 0.15) is 0 Å². The van der Waals surface area contributed by atoms with Crippen molar-refractivity contribution in [1.82, 2.24) is 20.4 Å². The van der Waals surface area contributed by atoms with E-state index < -0.39 is 0 Å². The largest absolute Gasteiger partial charge is 0.356 e. The van der Waals surface area contributed by atoms with Crippen LogP contribution in [0, 0.1) is 5.92 Å². The average Bonchev–Trinajstić information content (AvgIpc) is 3.09. The van der Waals surface area contributed by atoms with Crippen molar-refractivity contribution in [1.29, 1.82) is 0 Å². The number of aromatic nitrogens is 2. The zero-order valence-corrected chi connectivity index (χ0v) is 12.7. The zero-order valence-electron chi connectivity index (χ0n) is 12.7. The third-order valence-corrected chi connectivity index (χ3v) is 4.00. The smallest absolute Gasteiger partial charge is 0.191 e. The first-order chi connectivity index (χ1) is 9.78. The van der Waals surface area contributed by atoms with Crippen LogP contribution in [0.2, 0.25) is 0 Å². The van der Waals surface area contributed by atoms with Gasteiger partial charge >= 0.3 is 0 Å². The first kappa shape index (κ1) is 14.9. The maximum atomic E-state index is 4.25. The summed E-state index contributed by atoms with van der Waals surface area (Å²) in [6.07, 6.45) is 12.2. The van der Waals surface area contributed by atoms with Gasteiger partial charge in [0.05, 0.1) is 6.20 Å². The summed E-state index contributed by atoms with van der Waals surface area (Å²) in [4.78, 5) is 4.25. The van der Waals surface area contributed by atoms with E-state index in [9.17, 15) is 0 Å². The summed E-state index contributed by atoms with van der Waals surface area (Å²) in [6, 6.07) is 0. The number of hydrogen-bond acceptors (Lipinski definition) is 2. The fraction of sp³-hybridized carbons (Fsp3) is 0.733. The summed E-state index contributed by atoms with van der Waals surface area (Å²) >= 11 is 0. The van der Waals surface area contributed by atoms with E-state index in [1.807, 2.05) is 31.2 Å². The van der Waals surface area contributed by atoms with Crippen molar-refractivity contribution in [3.05, 3.63) is 18.0 Å². The SMILES string of the molecule is CN=C(NCCCC1CCCC1)NCc1cnn(C)c1. The molecule has 1 aromatic rings. The second-order valence-corrected chi connectivity index (χ2v) is 5.67. The van der Waals surface area contributed by atoms with E-state index in [2.05, 4.69) is 20.7 Å². The van der Waals surface area contributed by atoms with Crippen LogP contribution in [0.5, 0.6) is 0 Å². The van der Waals surface area contributed by atoms with Crippen LogP contribution in [0.4, 0.5) is 0 Å². The number of nitrogens with zero attached hydrogens (tertiary/aromatic N) is 3. The molecule has 0 aliphatic heterocycles. The summed E-state index contributed by atoms with van der Waals surface area (Å²) in [5, 5.41) is 10.9. The van der Waals surface area contributed by atoms with E-state index in [4.69, 9.17) is 0 Å². The molecule has 112 valence electrons. The second-order valence-electron chi connectivity index (χ2n) is 5.67. The molecule has 1 fully saturated rings. The van der Waals surface area contributed by atoms with Gasteiger partial charge in [-0.05, 0) is 18.8 Å². The first-order valence-electron chi connectivity index (χ1n) is 7.70. The summed E-state index contributed by atoms with van der Waals surface area (Å²) in [7, 11) is 3.75. The Morgan fingerprint density at radius 1 is 1.40 bits per heavy atom. The lowest BCUT2D eigenvalue weighted by molar-refractivity contribution is 0.481. The number of rotatable bonds is 6. The van der Waals surface area contributed by atoms with Gasteiger partial charge in [0.25, 0.3) is 0 Å². The van der Waals surface area contributed by atoms with E-state index in [1.54, 1.807) is 0 Å². The monoisotopic (exact) mass is 277 g/mol. The molecule has 0 unspecified atom stereocenters. The molecular formula is C15H27N5. The minimum Gasteiger partial charge on any atom is -0.356 e. The molecule has 1 aliphatic rings. The molecule has 0 spiro atoms. The van der Waals surface area contributed by atoms with Crippen LogP contribution in [-0.4, -0.2) is 29.3 Å². The Balaban J connectivity index is 1.59. The molecule has 2 N–H and O–H groups in total. The standard InChI is InChI=1S/C15H27N5/c1-16-15(18-10-14-11-19-20(2)12-14)17-9-5-8-13-6-3-4-7-13/h11-13H,3-10H2,1-2H3,(H2,16,17,18). The molecule has 5 heteroatoms. The normalized spacial score (nSPS) is 16.6. The molecule has 0 radical (unpaired) electrons. The molecule has 1 aromatic heterocycles. The lowest BCUT2D eigenvalue weighted by Crippen LogP contribution is -2.37. The molecule has 0 saturated heterocycles. The summed E-state index contributed by atoms with van der Waals surface area (Å²) in [5.74, 6) is 1.85. The van der Waals surface area contributed by atoms with Crippen LogP contribution in [0.3, 0.4) is 0 Å². The Bertz CT molecular complexity index is 418. The summed E-state index contributed by atoms with van der Waals surface area (Å²) < 4.78 is 1.81. The van der Waals surface area contributed by atoms with E-state index in [-0.39, 0.29) is 0 Å². The second kappa shape index (κ2) is 7.92. The fourth-order valence-electron chi connectivity index (χ4n) is 2.87. The van der Waals surface area contributed by atoms with E-state index in [0.717, 1.165) is 25.0 Å². The van der Waals surface area contributed by atoms with Gasteiger partial charge in [-0.1, -0.05) is 25.7 Å². The van der Waals surface area contributed by atoms with Crippen LogP contribution < -0.4 is 10.6 Å². The van der Waals surface area contributed by atoms with Crippen molar-refractivity contribution in [3.8, 4) is 0 Å². The Hall–Kier alpha value is -1.52. The summed E-state index contributed by atoms with van der Waals surface area (Å²) in [6.45, 7) is 1.76. The first-order valence-corrected chi connectivity index (χ1v) is 7.70. The predicted molar refractivity (Wildman–Crippen MR) is 82.6 cm³/mol. The highest BCUT2D eigenvalue weighted by atomic mass is 15.2. The van der Waals surface area contributed by atoms with Crippen LogP contribution in [0.1, 0.15) is 44.1 Å². The van der Waals surface area contributed by atoms with Gasteiger partial charge in [0, 0.05) is 38.9 Å². The van der Waals surface area contributed by atoms with Crippen molar-refractivity contribution >= 4 is 5.96 Å². The van der Waals surface area contributed by atoms with Gasteiger partial charge in [-0.15, -0.1) is 0 Å². The molecule has 5 nitrogen and oxygen atoms in total. The zero-order chi connectivity index (χ0) is 14.2. The van der Waals surface area contributed by atoms with Gasteiger partial charge < -0.3 is 10.6 Å². The number of nitrogens with one attached hydrogen (secondary N) is 2. The van der Waals surface area contributed by atoms with Gasteiger partial charge in [0.2, 0.25) is 0 Å². The highest BCUT2D eigenvalue weighted by Crippen LogP contribution is 2.28. The number of guanidine groups is 1. The number of hydrogen-bond donors (Lipinski definition) is 2. The molecule has 1 aliphatic carbocycles. The molecule has 1 saturated carbocycles. The van der Waals surface area contributed by atoms with Crippen LogP contribution in [0.15, 0.2) is 17.4 Å². The lowest BCUT2D eigenvalue weighted by Gasteiger charge is -2.12. The number of aliphatic imine (C=N–C) groups is 1. The highest BCUT2D eigenvalue weighted by Gasteiger charge is 2.13. The van der Waals surface area contributed by atoms with Crippen molar-refractivity contribution in [2.24, 2.45) is 18.0 Å². The molecule has 0 aromatic carbocycles. The van der Waals surface area contributed by atoms with Gasteiger partial charge in [0.15, 0.2) is 5.96 Å². The highest BCUT2D eigenvalue weighted by molar-refractivity contribution is 5.79. The molecule has 0 atom stereocenters. The molecule has 2 rings (SSSR count). The fourth-order valence-corrected chi connectivity index (χ4v) is 2.87. The van der Waals surface area contributed by atoms with E-state index >= 15 is 0 Å². The molecule has 0 bridgehead atoms. The van der Waals surface area contributed by atoms with Gasteiger partial charge in [-0.2, -0.15) is 5.10 Å². The van der Waals surface area contributed by atoms with Crippen molar-refractivity contribution < 1.29 is 0 Å². The number of aryl methyl sites for hydroxylation is 1. The minimum atomic E-state index is 0.760. The van der Waals surface area contributed by atoms with Crippen molar-refractivity contribution in [3.63, 3.8) is 0 Å². The third kappa shape index (κ3) is 4.87. The minimum absolute atomic E-state index is 0.760. The Morgan fingerprint density at radius 2 is 2.20 bits per heavy atom. The van der Waals surface area contributed by atoms with E-state index in [1.165, 1.54) is 44.1 Å². The Kier molecular flexibility index (Phi) is 5.89. The maximum Gasteiger partial charge on any atom is 0.191 e. The lowest BCUT2D eigenvalue weighted by atomic mass is 10.0. The average molecular weight is 277 g/mol. The van der Waals surface area contributed by atoms with Crippen molar-refractivity contribution in [2.75, 3.05) is 13.6 Å². The molecule has 0 amide bonds. The van der Waals surface area contributed by atoms with Gasteiger partial charge in [-0.25, -0.2) is 0 Å². The van der Waals surface area contributed by atoms with E-state index in [0.29, 0.717) is 0 Å².